The van der Waals surface area contributed by atoms with Crippen LogP contribution in [0.5, 0.6) is 0 Å². The Morgan fingerprint density at radius 1 is 0.449 bits per heavy atom. The Morgan fingerprint density at radius 2 is 0.755 bits per heavy atom. The standard InChI is InChI=1S/C35H73O6P.C6H15N/c1-3-5-7-9-11-13-15-17-19-21-23-25-27-29-31-39-33-35(34-41-42(36,37)38)40-32-30-28-26-24-22-20-18-16-14-12-10-8-6-4-2;1-4-7(5-2)6-3/h35H,3-34H2,1-2H3,(H2,36,37,38);4-6H2,1-3H3. The summed E-state index contributed by atoms with van der Waals surface area (Å²) < 4.78 is 27.5. The van der Waals surface area contributed by atoms with Gasteiger partial charge >= 0.3 is 7.82 Å². The van der Waals surface area contributed by atoms with Crippen molar-refractivity contribution in [2.24, 2.45) is 0 Å². The van der Waals surface area contributed by atoms with E-state index in [2.05, 4.69) is 39.5 Å². The first kappa shape index (κ1) is 51.1. The van der Waals surface area contributed by atoms with Crippen molar-refractivity contribution in [3.8, 4) is 0 Å². The van der Waals surface area contributed by atoms with Crippen LogP contribution in [0.2, 0.25) is 0 Å². The minimum absolute atomic E-state index is 0.137. The second-order valence-electron chi connectivity index (χ2n) is 14.2. The summed E-state index contributed by atoms with van der Waals surface area (Å²) in [5, 5.41) is 0. The van der Waals surface area contributed by atoms with E-state index in [4.69, 9.17) is 23.8 Å². The van der Waals surface area contributed by atoms with Gasteiger partial charge in [0.05, 0.1) is 13.2 Å². The highest BCUT2D eigenvalue weighted by Crippen LogP contribution is 2.35. The van der Waals surface area contributed by atoms with Gasteiger partial charge in [0.2, 0.25) is 0 Å². The summed E-state index contributed by atoms with van der Waals surface area (Å²) in [5.41, 5.74) is 0. The summed E-state index contributed by atoms with van der Waals surface area (Å²) in [6, 6.07) is 0. The van der Waals surface area contributed by atoms with Crippen LogP contribution >= 0.6 is 7.82 Å². The third-order valence-electron chi connectivity index (χ3n) is 9.57. The molecule has 0 aromatic heterocycles. The quantitative estimate of drug-likeness (QED) is 0.0482. The predicted molar refractivity (Wildman–Crippen MR) is 213 cm³/mol. The topological polar surface area (TPSA) is 88.5 Å². The summed E-state index contributed by atoms with van der Waals surface area (Å²) in [4.78, 5) is 20.5. The van der Waals surface area contributed by atoms with Gasteiger partial charge in [-0.3, -0.25) is 4.52 Å². The molecular formula is C41H88NO6P. The molecule has 1 unspecified atom stereocenters. The first-order chi connectivity index (χ1) is 23.8. The molecule has 2 N–H and O–H groups in total. The molecule has 7 nitrogen and oxygen atoms in total. The maximum atomic E-state index is 11.1. The van der Waals surface area contributed by atoms with Crippen LogP contribution in [-0.2, 0) is 18.6 Å². The van der Waals surface area contributed by atoms with Crippen molar-refractivity contribution in [3.05, 3.63) is 0 Å². The van der Waals surface area contributed by atoms with Crippen LogP contribution < -0.4 is 0 Å². The highest BCUT2D eigenvalue weighted by molar-refractivity contribution is 7.46. The molecule has 0 aliphatic heterocycles. The van der Waals surface area contributed by atoms with Gasteiger partial charge in [0.15, 0.2) is 0 Å². The van der Waals surface area contributed by atoms with Gasteiger partial charge in [0, 0.05) is 13.2 Å². The molecule has 49 heavy (non-hydrogen) atoms. The van der Waals surface area contributed by atoms with Gasteiger partial charge in [-0.2, -0.15) is 0 Å². The Labute approximate surface area is 307 Å². The van der Waals surface area contributed by atoms with Gasteiger partial charge in [0.25, 0.3) is 0 Å². The highest BCUT2D eigenvalue weighted by atomic mass is 31.2. The first-order valence-electron chi connectivity index (χ1n) is 21.5. The third-order valence-corrected chi connectivity index (χ3v) is 10.1. The van der Waals surface area contributed by atoms with E-state index in [0.717, 1.165) is 19.3 Å². The number of nitrogens with zero attached hydrogens (tertiary/aromatic N) is 1. The van der Waals surface area contributed by atoms with E-state index in [1.54, 1.807) is 0 Å². The number of rotatable bonds is 39. The molecule has 0 aliphatic rings. The lowest BCUT2D eigenvalue weighted by molar-refractivity contribution is -0.0429. The van der Waals surface area contributed by atoms with Crippen LogP contribution in [-0.4, -0.2) is 66.9 Å². The molecule has 0 aliphatic carbocycles. The Balaban J connectivity index is 0. The number of phosphoric acid groups is 1. The van der Waals surface area contributed by atoms with E-state index < -0.39 is 13.9 Å². The number of hydrogen-bond acceptors (Lipinski definition) is 5. The molecule has 0 heterocycles. The zero-order valence-electron chi connectivity index (χ0n) is 33.7. The van der Waals surface area contributed by atoms with E-state index in [0.29, 0.717) is 19.8 Å². The molecule has 0 aromatic carbocycles. The minimum atomic E-state index is -4.51. The first-order valence-corrected chi connectivity index (χ1v) is 23.0. The Hall–Kier alpha value is -0.0100. The molecule has 0 fully saturated rings. The van der Waals surface area contributed by atoms with Crippen LogP contribution in [0, 0.1) is 0 Å². The summed E-state index contributed by atoms with van der Waals surface area (Å²) in [6.07, 6.45) is 36.5. The van der Waals surface area contributed by atoms with Crippen LogP contribution in [0.15, 0.2) is 0 Å². The van der Waals surface area contributed by atoms with Gasteiger partial charge in [-0.15, -0.1) is 0 Å². The lowest BCUT2D eigenvalue weighted by atomic mass is 10.0. The van der Waals surface area contributed by atoms with Gasteiger partial charge in [-0.1, -0.05) is 202 Å². The van der Waals surface area contributed by atoms with E-state index in [-0.39, 0.29) is 6.61 Å². The molecule has 0 aromatic rings. The summed E-state index contributed by atoms with van der Waals surface area (Å²) in [5.74, 6) is 0. The number of unbranched alkanes of at least 4 members (excludes halogenated alkanes) is 26. The minimum Gasteiger partial charge on any atom is -0.379 e. The SMILES string of the molecule is CCCCCCCCCCCCCCCCOCC(COP(=O)(O)O)OCCCCCCCCCCCCCCCC.CCN(CC)CC. The molecule has 0 rings (SSSR count). The van der Waals surface area contributed by atoms with Crippen molar-refractivity contribution in [2.45, 2.75) is 221 Å². The Kier molecular flexibility index (Phi) is 44.2. The predicted octanol–water partition coefficient (Wildman–Crippen LogP) is 12.8. The largest absolute Gasteiger partial charge is 0.469 e. The average molecular weight is 722 g/mol. The molecule has 1 atom stereocenters. The van der Waals surface area contributed by atoms with Crippen molar-refractivity contribution in [2.75, 3.05) is 46.1 Å². The molecule has 298 valence electrons. The van der Waals surface area contributed by atoms with Crippen molar-refractivity contribution >= 4 is 7.82 Å². The molecule has 0 saturated heterocycles. The second kappa shape index (κ2) is 42.4. The van der Waals surface area contributed by atoms with E-state index >= 15 is 0 Å². The van der Waals surface area contributed by atoms with Gasteiger partial charge in [-0.25, -0.2) is 4.57 Å². The Bertz CT molecular complexity index is 640. The lowest BCUT2D eigenvalue weighted by Crippen LogP contribution is -2.26. The maximum absolute atomic E-state index is 11.1. The molecule has 0 spiro atoms. The number of phosphoric ester groups is 1. The zero-order chi connectivity index (χ0) is 36.5. The number of hydrogen-bond donors (Lipinski definition) is 2. The summed E-state index contributed by atoms with van der Waals surface area (Å²) >= 11 is 0. The molecule has 0 saturated carbocycles. The van der Waals surface area contributed by atoms with Gasteiger partial charge < -0.3 is 24.2 Å². The monoisotopic (exact) mass is 722 g/mol. The van der Waals surface area contributed by atoms with Crippen LogP contribution in [0.4, 0.5) is 0 Å². The fourth-order valence-corrected chi connectivity index (χ4v) is 6.52. The van der Waals surface area contributed by atoms with Crippen LogP contribution in [0.1, 0.15) is 214 Å². The van der Waals surface area contributed by atoms with Crippen molar-refractivity contribution in [1.82, 2.24) is 4.90 Å². The smallest absolute Gasteiger partial charge is 0.379 e. The van der Waals surface area contributed by atoms with E-state index in [1.165, 1.54) is 180 Å². The summed E-state index contributed by atoms with van der Waals surface area (Å²) in [7, 11) is -4.51. The maximum Gasteiger partial charge on any atom is 0.469 e. The number of ether oxygens (including phenoxy) is 2. The highest BCUT2D eigenvalue weighted by Gasteiger charge is 2.19. The molecule has 0 radical (unpaired) electrons. The molecule has 0 bridgehead atoms. The fraction of sp³-hybridized carbons (Fsp3) is 1.00. The molecule has 0 amide bonds. The normalized spacial score (nSPS) is 12.4. The van der Waals surface area contributed by atoms with Crippen molar-refractivity contribution in [1.29, 1.82) is 0 Å². The third kappa shape index (κ3) is 46.0. The summed E-state index contributed by atoms with van der Waals surface area (Å²) in [6.45, 7) is 16.1. The molecule has 8 heteroatoms. The lowest BCUT2D eigenvalue weighted by Gasteiger charge is -2.18. The fourth-order valence-electron chi connectivity index (χ4n) is 6.16. The van der Waals surface area contributed by atoms with Crippen LogP contribution in [0.25, 0.3) is 0 Å². The van der Waals surface area contributed by atoms with Gasteiger partial charge in [-0.05, 0) is 32.5 Å². The zero-order valence-corrected chi connectivity index (χ0v) is 34.6. The van der Waals surface area contributed by atoms with Gasteiger partial charge in [0.1, 0.15) is 6.10 Å². The second-order valence-corrected chi connectivity index (χ2v) is 15.4. The van der Waals surface area contributed by atoms with Crippen molar-refractivity contribution < 1.29 is 28.3 Å². The van der Waals surface area contributed by atoms with Crippen LogP contribution in [0.3, 0.4) is 0 Å². The van der Waals surface area contributed by atoms with E-state index in [9.17, 15) is 4.57 Å². The van der Waals surface area contributed by atoms with E-state index in [1.807, 2.05) is 0 Å². The average Bonchev–Trinajstić information content (AvgIpc) is 3.09. The molecular weight excluding hydrogens is 633 g/mol. The van der Waals surface area contributed by atoms with Crippen molar-refractivity contribution in [3.63, 3.8) is 0 Å². The Morgan fingerprint density at radius 3 is 1.04 bits per heavy atom.